The molecule has 0 spiro atoms. The molecule has 0 N–H and O–H groups in total. The van der Waals surface area contributed by atoms with Gasteiger partial charge in [-0.2, -0.15) is 11.8 Å². The van der Waals surface area contributed by atoms with Crippen molar-refractivity contribution in [1.29, 1.82) is 0 Å². The zero-order chi connectivity index (χ0) is 10.6. The number of alkyl halides is 1. The van der Waals surface area contributed by atoms with Crippen LogP contribution >= 0.6 is 23.4 Å². The highest BCUT2D eigenvalue weighted by molar-refractivity contribution is 7.99. The molecule has 1 aliphatic heterocycles. The van der Waals surface area contributed by atoms with Gasteiger partial charge in [-0.1, -0.05) is 0 Å². The smallest absolute Gasteiger partial charge is 0.240 e. The van der Waals surface area contributed by atoms with Crippen molar-refractivity contribution < 1.29 is 4.79 Å². The average Bonchev–Trinajstić information content (AvgIpc) is 2.20. The Bertz CT molecular complexity index is 193. The largest absolute Gasteiger partial charge is 0.339 e. The summed E-state index contributed by atoms with van der Waals surface area (Å²) in [6.45, 7) is 4.56. The maximum Gasteiger partial charge on any atom is 0.240 e. The van der Waals surface area contributed by atoms with E-state index in [1.807, 2.05) is 23.6 Å². The second-order valence-corrected chi connectivity index (χ2v) is 5.46. The van der Waals surface area contributed by atoms with Gasteiger partial charge in [-0.25, -0.2) is 0 Å². The molecular formula is C10H18ClNOS. The Balaban J connectivity index is 2.55. The summed E-state index contributed by atoms with van der Waals surface area (Å²) in [5.74, 6) is 2.43. The molecule has 1 saturated heterocycles. The van der Waals surface area contributed by atoms with Crippen LogP contribution < -0.4 is 0 Å². The summed E-state index contributed by atoms with van der Waals surface area (Å²) in [4.78, 5) is 13.7. The number of nitrogens with zero attached hydrogens (tertiary/aromatic N) is 1. The Kier molecular flexibility index (Phi) is 5.10. The van der Waals surface area contributed by atoms with Crippen LogP contribution in [-0.4, -0.2) is 40.3 Å². The van der Waals surface area contributed by atoms with Gasteiger partial charge in [0.05, 0.1) is 0 Å². The molecule has 0 aromatic carbocycles. The van der Waals surface area contributed by atoms with Gasteiger partial charge < -0.3 is 4.90 Å². The number of carbonyl (C=O) groups is 1. The molecule has 0 saturated carbocycles. The number of hydrogen-bond acceptors (Lipinski definition) is 2. The van der Waals surface area contributed by atoms with E-state index in [2.05, 4.69) is 0 Å². The van der Waals surface area contributed by atoms with E-state index >= 15 is 0 Å². The molecule has 82 valence electrons. The van der Waals surface area contributed by atoms with Crippen molar-refractivity contribution in [2.75, 3.05) is 18.1 Å². The standard InChI is InChI=1S/C10H18ClNOS/c1-3-12(10(13)8(2)11)9-4-6-14-7-5-9/h8-9H,3-7H2,1-2H3. The summed E-state index contributed by atoms with van der Waals surface area (Å²) in [7, 11) is 0. The van der Waals surface area contributed by atoms with Crippen LogP contribution in [-0.2, 0) is 4.79 Å². The van der Waals surface area contributed by atoms with Gasteiger partial charge in [0.15, 0.2) is 0 Å². The second kappa shape index (κ2) is 5.86. The van der Waals surface area contributed by atoms with Crippen molar-refractivity contribution >= 4 is 29.3 Å². The van der Waals surface area contributed by atoms with Crippen LogP contribution in [0, 0.1) is 0 Å². The molecule has 0 aromatic heterocycles. The van der Waals surface area contributed by atoms with Crippen molar-refractivity contribution in [1.82, 2.24) is 4.90 Å². The van der Waals surface area contributed by atoms with E-state index in [9.17, 15) is 4.79 Å². The highest BCUT2D eigenvalue weighted by Crippen LogP contribution is 2.22. The topological polar surface area (TPSA) is 20.3 Å². The molecule has 0 bridgehead atoms. The minimum Gasteiger partial charge on any atom is -0.339 e. The predicted molar refractivity (Wildman–Crippen MR) is 63.0 cm³/mol. The first-order valence-electron chi connectivity index (χ1n) is 5.19. The molecule has 14 heavy (non-hydrogen) atoms. The first-order chi connectivity index (χ1) is 6.66. The Hall–Kier alpha value is 0.110. The molecule has 4 heteroatoms. The number of rotatable bonds is 3. The predicted octanol–water partition coefficient (Wildman–Crippen LogP) is 2.36. The Morgan fingerprint density at radius 3 is 2.57 bits per heavy atom. The summed E-state index contributed by atoms with van der Waals surface area (Å²) >= 11 is 7.80. The SMILES string of the molecule is CCN(C(=O)C(C)Cl)C1CCSCC1. The van der Waals surface area contributed by atoms with Crippen LogP contribution in [0.1, 0.15) is 26.7 Å². The summed E-state index contributed by atoms with van der Waals surface area (Å²) < 4.78 is 0. The van der Waals surface area contributed by atoms with E-state index in [0.29, 0.717) is 6.04 Å². The lowest BCUT2D eigenvalue weighted by molar-refractivity contribution is -0.132. The average molecular weight is 236 g/mol. The molecule has 0 aromatic rings. The van der Waals surface area contributed by atoms with Crippen molar-refractivity contribution in [2.24, 2.45) is 0 Å². The quantitative estimate of drug-likeness (QED) is 0.700. The molecule has 1 aliphatic rings. The van der Waals surface area contributed by atoms with E-state index in [1.165, 1.54) is 11.5 Å². The zero-order valence-corrected chi connectivity index (χ0v) is 10.4. The van der Waals surface area contributed by atoms with E-state index in [-0.39, 0.29) is 11.3 Å². The number of halogens is 1. The minimum atomic E-state index is -0.385. The fraction of sp³-hybridized carbons (Fsp3) is 0.900. The number of thioether (sulfide) groups is 1. The summed E-state index contributed by atoms with van der Waals surface area (Å²) in [6.07, 6.45) is 2.24. The van der Waals surface area contributed by atoms with Gasteiger partial charge in [-0.15, -0.1) is 11.6 Å². The van der Waals surface area contributed by atoms with Crippen molar-refractivity contribution in [3.05, 3.63) is 0 Å². The van der Waals surface area contributed by atoms with E-state index in [1.54, 1.807) is 6.92 Å². The van der Waals surface area contributed by atoms with Crippen LogP contribution in [0.3, 0.4) is 0 Å². The Morgan fingerprint density at radius 1 is 1.57 bits per heavy atom. The Morgan fingerprint density at radius 2 is 2.14 bits per heavy atom. The zero-order valence-electron chi connectivity index (χ0n) is 8.83. The fourth-order valence-electron chi connectivity index (χ4n) is 1.82. The van der Waals surface area contributed by atoms with Gasteiger partial charge in [0.2, 0.25) is 5.91 Å². The van der Waals surface area contributed by atoms with Crippen LogP contribution in [0.5, 0.6) is 0 Å². The molecule has 1 atom stereocenters. The van der Waals surface area contributed by atoms with Gasteiger partial charge in [-0.05, 0) is 38.2 Å². The second-order valence-electron chi connectivity index (χ2n) is 3.58. The van der Waals surface area contributed by atoms with Crippen LogP contribution in [0.25, 0.3) is 0 Å². The van der Waals surface area contributed by atoms with Crippen LogP contribution in [0.15, 0.2) is 0 Å². The van der Waals surface area contributed by atoms with Gasteiger partial charge in [0.1, 0.15) is 5.38 Å². The summed E-state index contributed by atoms with van der Waals surface area (Å²) in [5.41, 5.74) is 0. The van der Waals surface area contributed by atoms with Crippen molar-refractivity contribution in [2.45, 2.75) is 38.1 Å². The third-order valence-electron chi connectivity index (χ3n) is 2.60. The van der Waals surface area contributed by atoms with Crippen molar-refractivity contribution in [3.8, 4) is 0 Å². The number of amides is 1. The monoisotopic (exact) mass is 235 g/mol. The molecule has 0 radical (unpaired) electrons. The summed E-state index contributed by atoms with van der Waals surface area (Å²) in [6, 6.07) is 0.426. The van der Waals surface area contributed by atoms with Gasteiger partial charge in [0.25, 0.3) is 0 Å². The first kappa shape index (κ1) is 12.2. The highest BCUT2D eigenvalue weighted by atomic mass is 35.5. The Labute approximate surface area is 95.4 Å². The normalized spacial score (nSPS) is 20.5. The van der Waals surface area contributed by atoms with Crippen LogP contribution in [0.2, 0.25) is 0 Å². The molecule has 1 amide bonds. The molecule has 1 fully saturated rings. The third-order valence-corrected chi connectivity index (χ3v) is 3.83. The lowest BCUT2D eigenvalue weighted by Gasteiger charge is -2.34. The lowest BCUT2D eigenvalue weighted by atomic mass is 10.1. The molecular weight excluding hydrogens is 218 g/mol. The van der Waals surface area contributed by atoms with Gasteiger partial charge >= 0.3 is 0 Å². The molecule has 2 nitrogen and oxygen atoms in total. The van der Waals surface area contributed by atoms with E-state index in [0.717, 1.165) is 19.4 Å². The maximum absolute atomic E-state index is 11.8. The van der Waals surface area contributed by atoms with Crippen molar-refractivity contribution in [3.63, 3.8) is 0 Å². The molecule has 1 rings (SSSR count). The lowest BCUT2D eigenvalue weighted by Crippen LogP contribution is -2.44. The fourth-order valence-corrected chi connectivity index (χ4v) is 3.03. The molecule has 0 aliphatic carbocycles. The van der Waals surface area contributed by atoms with E-state index < -0.39 is 0 Å². The van der Waals surface area contributed by atoms with Crippen LogP contribution in [0.4, 0.5) is 0 Å². The van der Waals surface area contributed by atoms with Gasteiger partial charge in [-0.3, -0.25) is 4.79 Å². The maximum atomic E-state index is 11.8. The molecule has 1 unspecified atom stereocenters. The first-order valence-corrected chi connectivity index (χ1v) is 6.78. The minimum absolute atomic E-state index is 0.0890. The third kappa shape index (κ3) is 3.06. The van der Waals surface area contributed by atoms with Gasteiger partial charge in [0, 0.05) is 12.6 Å². The number of hydrogen-bond donors (Lipinski definition) is 0. The number of carbonyl (C=O) groups excluding carboxylic acids is 1. The summed E-state index contributed by atoms with van der Waals surface area (Å²) in [5, 5.41) is -0.385. The van der Waals surface area contributed by atoms with E-state index in [4.69, 9.17) is 11.6 Å². The molecule has 1 heterocycles. The highest BCUT2D eigenvalue weighted by Gasteiger charge is 2.26.